The van der Waals surface area contributed by atoms with Crippen LogP contribution in [0.3, 0.4) is 0 Å². The zero-order valence-corrected chi connectivity index (χ0v) is 8.66. The number of carbonyl (C=O) groups is 1. The Hall–Kier alpha value is -2.01. The number of ketones is 1. The van der Waals surface area contributed by atoms with Crippen molar-refractivity contribution in [2.45, 2.75) is 6.92 Å². The second-order valence-corrected chi connectivity index (χ2v) is 3.12. The van der Waals surface area contributed by atoms with Gasteiger partial charge in [-0.15, -0.1) is 6.42 Å². The van der Waals surface area contributed by atoms with Gasteiger partial charge in [-0.3, -0.25) is 4.79 Å². The summed E-state index contributed by atoms with van der Waals surface area (Å²) in [7, 11) is 0. The molecule has 0 aliphatic heterocycles. The number of benzene rings is 1. The van der Waals surface area contributed by atoms with E-state index in [1.54, 1.807) is 18.2 Å². The monoisotopic (exact) mass is 199 g/mol. The van der Waals surface area contributed by atoms with Gasteiger partial charge in [0.1, 0.15) is 0 Å². The third-order valence-corrected chi connectivity index (χ3v) is 1.88. The van der Waals surface area contributed by atoms with Crippen LogP contribution in [-0.2, 0) is 0 Å². The first-order valence-electron chi connectivity index (χ1n) is 4.69. The summed E-state index contributed by atoms with van der Waals surface area (Å²) in [6.07, 6.45) is 6.64. The van der Waals surface area contributed by atoms with E-state index in [-0.39, 0.29) is 5.78 Å². The fourth-order valence-electron chi connectivity index (χ4n) is 1.12. The first-order valence-corrected chi connectivity index (χ1v) is 4.69. The number of hydrogen-bond donors (Lipinski definition) is 1. The predicted octanol–water partition coefficient (Wildman–Crippen LogP) is 2.00. The maximum atomic E-state index is 11.7. The highest BCUT2D eigenvalue weighted by Crippen LogP contribution is 2.02. The molecule has 0 saturated heterocycles. The topological polar surface area (TPSA) is 29.1 Å². The Balaban J connectivity index is 2.67. The minimum Gasteiger partial charge on any atom is -0.378 e. The van der Waals surface area contributed by atoms with Gasteiger partial charge in [0.2, 0.25) is 0 Å². The van der Waals surface area contributed by atoms with Gasteiger partial charge in [-0.25, -0.2) is 0 Å². The van der Waals surface area contributed by atoms with E-state index in [4.69, 9.17) is 6.42 Å². The lowest BCUT2D eigenvalue weighted by Crippen LogP contribution is -2.12. The lowest BCUT2D eigenvalue weighted by Gasteiger charge is -2.01. The van der Waals surface area contributed by atoms with Crippen molar-refractivity contribution < 1.29 is 4.79 Å². The first-order chi connectivity index (χ1) is 7.24. The second kappa shape index (κ2) is 5.66. The zero-order chi connectivity index (χ0) is 11.1. The molecule has 0 heterocycles. The van der Waals surface area contributed by atoms with Crippen LogP contribution in [0.5, 0.6) is 0 Å². The van der Waals surface area contributed by atoms with Crippen LogP contribution in [0, 0.1) is 12.3 Å². The maximum absolute atomic E-state index is 11.7. The summed E-state index contributed by atoms with van der Waals surface area (Å²) >= 11 is 0. The Morgan fingerprint density at radius 3 is 2.73 bits per heavy atom. The highest BCUT2D eigenvalue weighted by molar-refractivity contribution is 6.04. The highest BCUT2D eigenvalue weighted by Gasteiger charge is 2.00. The molecule has 2 heteroatoms. The number of terminal acetylenes is 1. The average molecular weight is 199 g/mol. The summed E-state index contributed by atoms with van der Waals surface area (Å²) in [5, 5.41) is 2.94. The molecule has 0 amide bonds. The van der Waals surface area contributed by atoms with Crippen molar-refractivity contribution in [3.05, 3.63) is 47.7 Å². The van der Waals surface area contributed by atoms with E-state index in [9.17, 15) is 4.79 Å². The lowest BCUT2D eigenvalue weighted by atomic mass is 10.1. The SMILES string of the molecule is C#CCN/C(C)=C/C(=O)c1ccccc1. The minimum atomic E-state index is -0.0161. The van der Waals surface area contributed by atoms with Gasteiger partial charge in [-0.05, 0) is 6.92 Å². The summed E-state index contributed by atoms with van der Waals surface area (Å²) in [5.74, 6) is 2.43. The standard InChI is InChI=1S/C13H13NO/c1-3-9-14-11(2)10-13(15)12-7-5-4-6-8-12/h1,4-8,10,14H,9H2,2H3/b11-10+. The van der Waals surface area contributed by atoms with E-state index in [1.165, 1.54) is 0 Å². The van der Waals surface area contributed by atoms with Gasteiger partial charge in [0.05, 0.1) is 6.54 Å². The molecule has 0 unspecified atom stereocenters. The largest absolute Gasteiger partial charge is 0.378 e. The van der Waals surface area contributed by atoms with Crippen LogP contribution in [0.15, 0.2) is 42.1 Å². The molecule has 0 fully saturated rings. The van der Waals surface area contributed by atoms with Crippen LogP contribution < -0.4 is 5.32 Å². The van der Waals surface area contributed by atoms with Crippen LogP contribution in [0.4, 0.5) is 0 Å². The molecule has 1 rings (SSSR count). The molecule has 0 saturated carbocycles. The molecule has 0 atom stereocenters. The Morgan fingerprint density at radius 1 is 1.47 bits per heavy atom. The van der Waals surface area contributed by atoms with E-state index in [2.05, 4.69) is 11.2 Å². The summed E-state index contributed by atoms with van der Waals surface area (Å²) in [6, 6.07) is 9.13. The van der Waals surface area contributed by atoms with E-state index in [1.807, 2.05) is 25.1 Å². The third kappa shape index (κ3) is 3.70. The smallest absolute Gasteiger partial charge is 0.187 e. The quantitative estimate of drug-likeness (QED) is 0.456. The lowest BCUT2D eigenvalue weighted by molar-refractivity contribution is 0.104. The molecule has 76 valence electrons. The van der Waals surface area contributed by atoms with Crippen LogP contribution in [0.1, 0.15) is 17.3 Å². The molecule has 0 aromatic heterocycles. The molecule has 0 aliphatic rings. The fraction of sp³-hybridized carbons (Fsp3) is 0.154. The van der Waals surface area contributed by atoms with Crippen LogP contribution in [0.25, 0.3) is 0 Å². The highest BCUT2D eigenvalue weighted by atomic mass is 16.1. The van der Waals surface area contributed by atoms with Crippen molar-refractivity contribution in [3.8, 4) is 12.3 Å². The summed E-state index contributed by atoms with van der Waals surface area (Å²) in [6.45, 7) is 2.25. The van der Waals surface area contributed by atoms with E-state index in [0.29, 0.717) is 12.1 Å². The summed E-state index contributed by atoms with van der Waals surface area (Å²) in [4.78, 5) is 11.7. The van der Waals surface area contributed by atoms with Crippen molar-refractivity contribution in [1.29, 1.82) is 0 Å². The predicted molar refractivity (Wildman–Crippen MR) is 61.4 cm³/mol. The van der Waals surface area contributed by atoms with E-state index >= 15 is 0 Å². The van der Waals surface area contributed by atoms with Crippen LogP contribution >= 0.6 is 0 Å². The number of hydrogen-bond acceptors (Lipinski definition) is 2. The number of allylic oxidation sites excluding steroid dienone is 2. The van der Waals surface area contributed by atoms with Gasteiger partial charge in [-0.1, -0.05) is 36.3 Å². The van der Waals surface area contributed by atoms with Gasteiger partial charge in [0.15, 0.2) is 5.78 Å². The molecular weight excluding hydrogens is 186 g/mol. The van der Waals surface area contributed by atoms with Crippen molar-refractivity contribution in [1.82, 2.24) is 5.32 Å². The Kier molecular flexibility index (Phi) is 4.18. The Morgan fingerprint density at radius 2 is 2.13 bits per heavy atom. The molecular formula is C13H13NO. The molecule has 15 heavy (non-hydrogen) atoms. The molecule has 0 radical (unpaired) electrons. The Labute approximate surface area is 90.0 Å². The van der Waals surface area contributed by atoms with Crippen molar-refractivity contribution >= 4 is 5.78 Å². The molecule has 0 bridgehead atoms. The van der Waals surface area contributed by atoms with Crippen molar-refractivity contribution in [2.75, 3.05) is 6.54 Å². The molecule has 1 aromatic carbocycles. The van der Waals surface area contributed by atoms with Gasteiger partial charge in [0.25, 0.3) is 0 Å². The summed E-state index contributed by atoms with van der Waals surface area (Å²) < 4.78 is 0. The van der Waals surface area contributed by atoms with Crippen LogP contribution in [0.2, 0.25) is 0 Å². The molecule has 1 aromatic rings. The van der Waals surface area contributed by atoms with Crippen molar-refractivity contribution in [2.24, 2.45) is 0 Å². The fourth-order valence-corrected chi connectivity index (χ4v) is 1.12. The second-order valence-electron chi connectivity index (χ2n) is 3.12. The van der Waals surface area contributed by atoms with Gasteiger partial charge >= 0.3 is 0 Å². The summed E-state index contributed by atoms with van der Waals surface area (Å²) in [5.41, 5.74) is 1.46. The number of carbonyl (C=O) groups excluding carboxylic acids is 1. The van der Waals surface area contributed by atoms with Crippen LogP contribution in [-0.4, -0.2) is 12.3 Å². The van der Waals surface area contributed by atoms with Crippen molar-refractivity contribution in [3.63, 3.8) is 0 Å². The zero-order valence-electron chi connectivity index (χ0n) is 8.66. The average Bonchev–Trinajstić information content (AvgIpc) is 2.27. The molecule has 0 aliphatic carbocycles. The molecule has 2 nitrogen and oxygen atoms in total. The number of rotatable bonds is 4. The van der Waals surface area contributed by atoms with E-state index < -0.39 is 0 Å². The third-order valence-electron chi connectivity index (χ3n) is 1.88. The van der Waals surface area contributed by atoms with Gasteiger partial charge in [-0.2, -0.15) is 0 Å². The minimum absolute atomic E-state index is 0.0161. The Bertz CT molecular complexity index is 398. The van der Waals surface area contributed by atoms with Gasteiger partial charge in [0, 0.05) is 17.3 Å². The van der Waals surface area contributed by atoms with E-state index in [0.717, 1.165) is 5.70 Å². The molecule has 0 spiro atoms. The van der Waals surface area contributed by atoms with Gasteiger partial charge < -0.3 is 5.32 Å². The first kappa shape index (κ1) is 11.1. The normalized spacial score (nSPS) is 10.5. The number of nitrogens with one attached hydrogen (secondary N) is 1. The maximum Gasteiger partial charge on any atom is 0.187 e. The molecule has 1 N–H and O–H groups in total.